The van der Waals surface area contributed by atoms with Crippen molar-refractivity contribution in [2.24, 2.45) is 0 Å². The molecule has 0 spiro atoms. The second-order valence-corrected chi connectivity index (χ2v) is 7.55. The Bertz CT molecular complexity index is 538. The van der Waals surface area contributed by atoms with Gasteiger partial charge in [0.15, 0.2) is 0 Å². The zero-order valence-corrected chi connectivity index (χ0v) is 14.0. The largest absolute Gasteiger partial charge is 0.489 e. The lowest BCUT2D eigenvalue weighted by Crippen LogP contribution is -2.31. The van der Waals surface area contributed by atoms with Gasteiger partial charge in [0.2, 0.25) is 0 Å². The van der Waals surface area contributed by atoms with Gasteiger partial charge in [0.25, 0.3) is 0 Å². The lowest BCUT2D eigenvalue weighted by Gasteiger charge is -2.27. The molecule has 1 aromatic carbocycles. The third kappa shape index (κ3) is 3.27. The van der Waals surface area contributed by atoms with Crippen LogP contribution in [-0.2, 0) is 0 Å². The quantitative estimate of drug-likeness (QED) is 0.911. The Balaban J connectivity index is 1.41. The molecule has 1 saturated carbocycles. The molecule has 0 aromatic heterocycles. The molecule has 126 valence electrons. The molecule has 1 N–H and O–H groups in total. The van der Waals surface area contributed by atoms with Crippen LogP contribution in [0.25, 0.3) is 0 Å². The molecule has 1 aromatic rings. The summed E-state index contributed by atoms with van der Waals surface area (Å²) in [5.41, 5.74) is 2.43. The molecule has 2 aliphatic heterocycles. The van der Waals surface area contributed by atoms with Crippen LogP contribution in [0.5, 0.6) is 5.75 Å². The molecule has 1 saturated heterocycles. The predicted molar refractivity (Wildman–Crippen MR) is 91.9 cm³/mol. The molecule has 4 rings (SSSR count). The Morgan fingerprint density at radius 1 is 1.09 bits per heavy atom. The van der Waals surface area contributed by atoms with E-state index < -0.39 is 0 Å². The van der Waals surface area contributed by atoms with E-state index in [1.165, 1.54) is 63.6 Å². The highest BCUT2D eigenvalue weighted by molar-refractivity contribution is 5.44. The molecular weight excluding hydrogens is 286 g/mol. The third-order valence-electron chi connectivity index (χ3n) is 5.97. The predicted octanol–water partition coefficient (Wildman–Crippen LogP) is 4.01. The van der Waals surface area contributed by atoms with E-state index in [0.717, 1.165) is 24.3 Å². The van der Waals surface area contributed by atoms with Gasteiger partial charge in [-0.3, -0.25) is 0 Å². The Morgan fingerprint density at radius 3 is 2.78 bits per heavy atom. The molecule has 0 amide bonds. The van der Waals surface area contributed by atoms with Crippen LogP contribution >= 0.6 is 0 Å². The molecular formula is C20H29NO2. The van der Waals surface area contributed by atoms with Crippen LogP contribution in [0.3, 0.4) is 0 Å². The van der Waals surface area contributed by atoms with E-state index >= 15 is 0 Å². The molecule has 3 unspecified atom stereocenters. The second-order valence-electron chi connectivity index (χ2n) is 7.55. The first-order chi connectivity index (χ1) is 11.3. The summed E-state index contributed by atoms with van der Waals surface area (Å²) in [4.78, 5) is 2.50. The van der Waals surface area contributed by atoms with Crippen molar-refractivity contribution < 1.29 is 9.84 Å². The number of likely N-dealkylation sites (tertiary alicyclic amines) is 1. The van der Waals surface area contributed by atoms with Crippen LogP contribution in [0.1, 0.15) is 74.5 Å². The van der Waals surface area contributed by atoms with Crippen LogP contribution in [0.15, 0.2) is 18.2 Å². The molecule has 0 bridgehead atoms. The Kier molecular flexibility index (Phi) is 4.59. The minimum atomic E-state index is -0.343. The molecule has 1 aliphatic carbocycles. The summed E-state index contributed by atoms with van der Waals surface area (Å²) in [6.07, 6.45) is 9.91. The van der Waals surface area contributed by atoms with Crippen molar-refractivity contribution in [1.29, 1.82) is 0 Å². The number of hydrogen-bond acceptors (Lipinski definition) is 3. The van der Waals surface area contributed by atoms with Crippen molar-refractivity contribution in [2.75, 3.05) is 19.6 Å². The average molecular weight is 315 g/mol. The van der Waals surface area contributed by atoms with Gasteiger partial charge in [-0.2, -0.15) is 0 Å². The van der Waals surface area contributed by atoms with Crippen LogP contribution in [-0.4, -0.2) is 35.7 Å². The van der Waals surface area contributed by atoms with Gasteiger partial charge in [0, 0.05) is 18.0 Å². The van der Waals surface area contributed by atoms with Gasteiger partial charge in [0.1, 0.15) is 11.9 Å². The van der Waals surface area contributed by atoms with E-state index in [0.29, 0.717) is 12.0 Å². The number of fused-ring (bicyclic) bond motifs is 3. The molecule has 2 fully saturated rings. The van der Waals surface area contributed by atoms with Crippen molar-refractivity contribution >= 4 is 0 Å². The minimum Gasteiger partial charge on any atom is -0.489 e. The van der Waals surface area contributed by atoms with E-state index in [-0.39, 0.29) is 6.10 Å². The van der Waals surface area contributed by atoms with E-state index in [2.05, 4.69) is 23.1 Å². The van der Waals surface area contributed by atoms with Gasteiger partial charge < -0.3 is 14.7 Å². The Hall–Kier alpha value is -1.06. The van der Waals surface area contributed by atoms with Crippen LogP contribution in [0.4, 0.5) is 0 Å². The van der Waals surface area contributed by atoms with Crippen molar-refractivity contribution in [3.05, 3.63) is 29.3 Å². The highest BCUT2D eigenvalue weighted by Crippen LogP contribution is 2.46. The fourth-order valence-corrected chi connectivity index (χ4v) is 4.58. The number of aliphatic hydroxyl groups is 1. The van der Waals surface area contributed by atoms with E-state index in [1.54, 1.807) is 0 Å². The molecule has 3 nitrogen and oxygen atoms in total. The minimum absolute atomic E-state index is 0.343. The van der Waals surface area contributed by atoms with E-state index in [9.17, 15) is 5.11 Å². The lowest BCUT2D eigenvalue weighted by molar-refractivity contribution is 0.134. The molecule has 3 heteroatoms. The number of aliphatic hydroxyl groups excluding tert-OH is 1. The fourth-order valence-electron chi connectivity index (χ4n) is 4.58. The van der Waals surface area contributed by atoms with Gasteiger partial charge in [-0.25, -0.2) is 0 Å². The molecule has 3 atom stereocenters. The highest BCUT2D eigenvalue weighted by atomic mass is 16.5. The van der Waals surface area contributed by atoms with Crippen LogP contribution in [0.2, 0.25) is 0 Å². The monoisotopic (exact) mass is 315 g/mol. The first kappa shape index (κ1) is 15.5. The summed E-state index contributed by atoms with van der Waals surface area (Å²) < 4.78 is 6.11. The molecule has 3 aliphatic rings. The number of rotatable bonds is 4. The summed E-state index contributed by atoms with van der Waals surface area (Å²) in [6.45, 7) is 3.42. The first-order valence-corrected chi connectivity index (χ1v) is 9.52. The van der Waals surface area contributed by atoms with Gasteiger partial charge >= 0.3 is 0 Å². The summed E-state index contributed by atoms with van der Waals surface area (Å²) in [7, 11) is 0. The lowest BCUT2D eigenvalue weighted by atomic mass is 9.82. The topological polar surface area (TPSA) is 32.7 Å². The maximum Gasteiger partial charge on any atom is 0.123 e. The number of benzene rings is 1. The van der Waals surface area contributed by atoms with E-state index in [1.807, 2.05) is 0 Å². The standard InChI is InChI=1S/C20H29NO2/c22-18(10-13-21-11-4-1-5-12-21)15-8-9-20-17(14-15)16-6-2-3-7-19(16)23-20/h8-9,14,16,18-19,22H,1-7,10-13H2. The number of hydrogen-bond donors (Lipinski definition) is 1. The summed E-state index contributed by atoms with van der Waals surface area (Å²) >= 11 is 0. The normalized spacial score (nSPS) is 28.7. The number of nitrogens with zero attached hydrogens (tertiary/aromatic N) is 1. The maximum absolute atomic E-state index is 10.6. The van der Waals surface area contributed by atoms with Gasteiger partial charge in [0.05, 0.1) is 6.10 Å². The zero-order valence-electron chi connectivity index (χ0n) is 14.0. The van der Waals surface area contributed by atoms with Crippen molar-refractivity contribution in [3.8, 4) is 5.75 Å². The van der Waals surface area contributed by atoms with Gasteiger partial charge in [-0.1, -0.05) is 18.9 Å². The number of piperidine rings is 1. The second kappa shape index (κ2) is 6.82. The van der Waals surface area contributed by atoms with E-state index in [4.69, 9.17) is 4.74 Å². The fraction of sp³-hybridized carbons (Fsp3) is 0.700. The molecule has 2 heterocycles. The molecule has 23 heavy (non-hydrogen) atoms. The van der Waals surface area contributed by atoms with Crippen molar-refractivity contribution in [1.82, 2.24) is 4.90 Å². The summed E-state index contributed by atoms with van der Waals surface area (Å²) in [6, 6.07) is 6.39. The SMILES string of the molecule is OC(CCN1CCCCC1)c1ccc2c(c1)C1CCCCC1O2. The van der Waals surface area contributed by atoms with Crippen LogP contribution < -0.4 is 4.74 Å². The summed E-state index contributed by atoms with van der Waals surface area (Å²) in [5.74, 6) is 1.63. The zero-order chi connectivity index (χ0) is 15.6. The smallest absolute Gasteiger partial charge is 0.123 e. The molecule has 0 radical (unpaired) electrons. The van der Waals surface area contributed by atoms with Gasteiger partial charge in [-0.15, -0.1) is 0 Å². The summed E-state index contributed by atoms with van der Waals surface area (Å²) in [5, 5.41) is 10.6. The third-order valence-corrected chi connectivity index (χ3v) is 5.97. The van der Waals surface area contributed by atoms with Crippen molar-refractivity contribution in [3.63, 3.8) is 0 Å². The van der Waals surface area contributed by atoms with Crippen LogP contribution in [0, 0.1) is 0 Å². The first-order valence-electron chi connectivity index (χ1n) is 9.52. The Labute approximate surface area is 139 Å². The Morgan fingerprint density at radius 2 is 1.91 bits per heavy atom. The van der Waals surface area contributed by atoms with Gasteiger partial charge in [-0.05, 0) is 69.3 Å². The maximum atomic E-state index is 10.6. The average Bonchev–Trinajstić information content (AvgIpc) is 2.98. The van der Waals surface area contributed by atoms with Crippen molar-refractivity contribution in [2.45, 2.75) is 69.5 Å². The highest BCUT2D eigenvalue weighted by Gasteiger charge is 2.36. The number of ether oxygens (including phenoxy) is 1.